The van der Waals surface area contributed by atoms with Crippen LogP contribution in [-0.4, -0.2) is 43.0 Å². The average molecular weight is 297 g/mol. The van der Waals surface area contributed by atoms with Gasteiger partial charge in [0.05, 0.1) is 11.4 Å². The molecule has 4 nitrogen and oxygen atoms in total. The van der Waals surface area contributed by atoms with Crippen molar-refractivity contribution in [2.24, 2.45) is 16.6 Å². The average Bonchev–Trinajstić information content (AvgIpc) is 2.87. The third kappa shape index (κ3) is 5.67. The summed E-state index contributed by atoms with van der Waals surface area (Å²) < 4.78 is 0. The van der Waals surface area contributed by atoms with Crippen molar-refractivity contribution < 1.29 is 4.79 Å². The van der Waals surface area contributed by atoms with Gasteiger partial charge in [0, 0.05) is 13.6 Å². The van der Waals surface area contributed by atoms with Gasteiger partial charge in [-0.15, -0.1) is 0 Å². The zero-order valence-corrected chi connectivity index (χ0v) is 13.5. The van der Waals surface area contributed by atoms with E-state index in [2.05, 4.69) is 22.9 Å². The topological polar surface area (TPSA) is 58.7 Å². The van der Waals surface area contributed by atoms with Crippen molar-refractivity contribution in [3.8, 4) is 0 Å². The fraction of sp³-hybridized carbons (Fsp3) is 0.733. The number of allylic oxidation sites excluding steroid dienone is 1. The molecule has 5 heteroatoms. The van der Waals surface area contributed by atoms with Gasteiger partial charge in [-0.2, -0.15) is 0 Å². The van der Waals surface area contributed by atoms with Crippen LogP contribution in [0.2, 0.25) is 0 Å². The molecular formula is C15H27N3OS. The molecule has 1 atom stereocenters. The van der Waals surface area contributed by atoms with E-state index < -0.39 is 0 Å². The number of hydrogen-bond donors (Lipinski definition) is 1. The second-order valence-corrected chi connectivity index (χ2v) is 6.07. The first-order chi connectivity index (χ1) is 9.72. The molecule has 0 aromatic heterocycles. The maximum Gasteiger partial charge on any atom is 0.181 e. The van der Waals surface area contributed by atoms with E-state index in [1.54, 1.807) is 0 Å². The Morgan fingerprint density at radius 3 is 2.80 bits per heavy atom. The van der Waals surface area contributed by atoms with Crippen molar-refractivity contribution >= 4 is 23.2 Å². The van der Waals surface area contributed by atoms with Gasteiger partial charge in [0.15, 0.2) is 5.62 Å². The summed E-state index contributed by atoms with van der Waals surface area (Å²) in [5, 5.41) is 0. The molecule has 0 saturated heterocycles. The zero-order valence-electron chi connectivity index (χ0n) is 12.7. The number of nitrogens with two attached hydrogens (primary N) is 1. The van der Waals surface area contributed by atoms with Gasteiger partial charge in [0.25, 0.3) is 0 Å². The third-order valence-corrected chi connectivity index (χ3v) is 4.22. The molecule has 0 aromatic carbocycles. The van der Waals surface area contributed by atoms with E-state index in [9.17, 15) is 4.79 Å². The van der Waals surface area contributed by atoms with E-state index >= 15 is 0 Å². The van der Waals surface area contributed by atoms with Gasteiger partial charge in [-0.3, -0.25) is 9.79 Å². The molecule has 0 amide bonds. The number of rotatable bonds is 10. The Bertz CT molecular complexity index is 347. The van der Waals surface area contributed by atoms with Crippen LogP contribution in [0.4, 0.5) is 0 Å². The highest BCUT2D eigenvalue weighted by Gasteiger charge is 2.19. The lowest BCUT2D eigenvalue weighted by Crippen LogP contribution is -2.23. The van der Waals surface area contributed by atoms with Crippen LogP contribution >= 0.6 is 11.8 Å². The minimum absolute atomic E-state index is 0.498. The minimum atomic E-state index is 0.498. The van der Waals surface area contributed by atoms with Gasteiger partial charge in [0.1, 0.15) is 5.84 Å². The summed E-state index contributed by atoms with van der Waals surface area (Å²) in [6, 6.07) is 0. The Labute approximate surface area is 126 Å². The molecule has 20 heavy (non-hydrogen) atoms. The largest absolute Gasteiger partial charge is 0.357 e. The standard InChI is InChI=1S/C15H27N3OS/c1-3-4-6-13(7-5-8-16)11-14(20-12-19)15-17-9-10-18(15)2/h11-13H,3-10,16H2,1-2H3/b14-11-. The molecule has 114 valence electrons. The number of carbonyl (C=O) groups is 1. The molecule has 2 N–H and O–H groups in total. The molecule has 0 bridgehead atoms. The maximum absolute atomic E-state index is 10.9. The summed E-state index contributed by atoms with van der Waals surface area (Å²) in [4.78, 5) is 18.6. The van der Waals surface area contributed by atoms with Gasteiger partial charge in [-0.1, -0.05) is 37.6 Å². The van der Waals surface area contributed by atoms with Crippen LogP contribution in [0.1, 0.15) is 39.0 Å². The van der Waals surface area contributed by atoms with Gasteiger partial charge in [-0.05, 0) is 31.7 Å². The van der Waals surface area contributed by atoms with E-state index in [4.69, 9.17) is 5.73 Å². The summed E-state index contributed by atoms with van der Waals surface area (Å²) in [6.45, 7) is 4.70. The number of hydrogen-bond acceptors (Lipinski definition) is 5. The molecule has 0 spiro atoms. The SMILES string of the molecule is CCCCC(/C=C(\SC=O)C1=NCCN1C)CCCN. The zero-order chi connectivity index (χ0) is 14.8. The van der Waals surface area contributed by atoms with Crippen LogP contribution in [0, 0.1) is 5.92 Å². The van der Waals surface area contributed by atoms with Gasteiger partial charge >= 0.3 is 0 Å². The number of unbranched alkanes of at least 4 members (excludes halogenated alkanes) is 1. The Morgan fingerprint density at radius 1 is 1.50 bits per heavy atom. The number of aliphatic imine (C=N–C) groups is 1. The van der Waals surface area contributed by atoms with Crippen molar-refractivity contribution in [3.63, 3.8) is 0 Å². The highest BCUT2D eigenvalue weighted by molar-refractivity contribution is 8.16. The molecule has 1 heterocycles. The number of amidine groups is 1. The number of thioether (sulfide) groups is 1. The molecule has 1 unspecified atom stereocenters. The molecule has 1 aliphatic rings. The first-order valence-corrected chi connectivity index (χ1v) is 8.39. The Hall–Kier alpha value is -0.810. The highest BCUT2D eigenvalue weighted by atomic mass is 32.2. The second kappa shape index (κ2) is 10.00. The molecule has 1 aliphatic heterocycles. The number of nitrogens with zero attached hydrogens (tertiary/aromatic N) is 2. The quantitative estimate of drug-likeness (QED) is 0.630. The van der Waals surface area contributed by atoms with Gasteiger partial charge < -0.3 is 10.6 Å². The predicted octanol–water partition coefficient (Wildman–Crippen LogP) is 2.68. The lowest BCUT2D eigenvalue weighted by Gasteiger charge is -2.18. The van der Waals surface area contributed by atoms with E-state index in [1.165, 1.54) is 24.6 Å². The van der Waals surface area contributed by atoms with Crippen molar-refractivity contribution in [1.29, 1.82) is 0 Å². The molecule has 0 saturated carbocycles. The molecule has 0 fully saturated rings. The second-order valence-electron chi connectivity index (χ2n) is 5.21. The number of carbonyl (C=O) groups excluding carboxylic acids is 1. The Balaban J connectivity index is 2.80. The molecule has 0 aromatic rings. The summed E-state index contributed by atoms with van der Waals surface area (Å²) in [5.41, 5.74) is 6.53. The van der Waals surface area contributed by atoms with E-state index in [0.29, 0.717) is 5.92 Å². The summed E-state index contributed by atoms with van der Waals surface area (Å²) >= 11 is 1.25. The first kappa shape index (κ1) is 17.2. The Morgan fingerprint density at radius 2 is 2.25 bits per heavy atom. The summed E-state index contributed by atoms with van der Waals surface area (Å²) in [6.07, 6.45) is 7.95. The van der Waals surface area contributed by atoms with Crippen molar-refractivity contribution in [2.75, 3.05) is 26.7 Å². The van der Waals surface area contributed by atoms with Crippen LogP contribution in [0.25, 0.3) is 0 Å². The summed E-state index contributed by atoms with van der Waals surface area (Å²) in [5.74, 6) is 1.47. The van der Waals surface area contributed by atoms with Crippen LogP contribution in [-0.2, 0) is 4.79 Å². The minimum Gasteiger partial charge on any atom is -0.357 e. The van der Waals surface area contributed by atoms with Gasteiger partial charge in [-0.25, -0.2) is 0 Å². The normalized spacial score (nSPS) is 17.2. The highest BCUT2D eigenvalue weighted by Crippen LogP contribution is 2.25. The fourth-order valence-corrected chi connectivity index (χ4v) is 3.09. The first-order valence-electron chi connectivity index (χ1n) is 7.51. The van der Waals surface area contributed by atoms with Crippen molar-refractivity contribution in [3.05, 3.63) is 11.0 Å². The summed E-state index contributed by atoms with van der Waals surface area (Å²) in [7, 11) is 2.03. The lowest BCUT2D eigenvalue weighted by atomic mass is 9.96. The molecular weight excluding hydrogens is 270 g/mol. The van der Waals surface area contributed by atoms with Crippen LogP contribution in [0.5, 0.6) is 0 Å². The van der Waals surface area contributed by atoms with E-state index in [0.717, 1.165) is 55.3 Å². The predicted molar refractivity (Wildman–Crippen MR) is 88.7 cm³/mol. The molecule has 1 rings (SSSR count). The fourth-order valence-electron chi connectivity index (χ4n) is 2.39. The van der Waals surface area contributed by atoms with E-state index in [1.807, 2.05) is 7.05 Å². The van der Waals surface area contributed by atoms with Crippen molar-refractivity contribution in [2.45, 2.75) is 39.0 Å². The van der Waals surface area contributed by atoms with E-state index in [-0.39, 0.29) is 0 Å². The third-order valence-electron chi connectivity index (χ3n) is 3.55. The van der Waals surface area contributed by atoms with Gasteiger partial charge in [0.2, 0.25) is 0 Å². The number of likely N-dealkylation sites (N-methyl/N-ethyl adjacent to an activating group) is 1. The molecule has 0 aliphatic carbocycles. The van der Waals surface area contributed by atoms with Crippen molar-refractivity contribution in [1.82, 2.24) is 4.90 Å². The van der Waals surface area contributed by atoms with Crippen LogP contribution < -0.4 is 5.73 Å². The maximum atomic E-state index is 10.9. The Kier molecular flexibility index (Phi) is 8.62. The lowest BCUT2D eigenvalue weighted by molar-refractivity contribution is 0.502. The van der Waals surface area contributed by atoms with Crippen LogP contribution in [0.15, 0.2) is 16.0 Å². The monoisotopic (exact) mass is 297 g/mol. The van der Waals surface area contributed by atoms with Crippen LogP contribution in [0.3, 0.4) is 0 Å². The smallest absolute Gasteiger partial charge is 0.181 e. The molecule has 0 radical (unpaired) electrons.